The van der Waals surface area contributed by atoms with Crippen molar-refractivity contribution in [3.05, 3.63) is 0 Å². The Bertz CT molecular complexity index is 346. The Morgan fingerprint density at radius 1 is 0.720 bits per heavy atom. The smallest absolute Gasteiger partial charge is 0.460 e. The Hall–Kier alpha value is -1.26. The van der Waals surface area contributed by atoms with Crippen LogP contribution in [-0.4, -0.2) is 30.9 Å². The van der Waals surface area contributed by atoms with Gasteiger partial charge in [-0.2, -0.15) is 0 Å². The van der Waals surface area contributed by atoms with E-state index in [4.69, 9.17) is 14.2 Å². The van der Waals surface area contributed by atoms with Gasteiger partial charge in [0.15, 0.2) is 0 Å². The predicted octanol–water partition coefficient (Wildman–Crippen LogP) is 5.79. The molecule has 0 aliphatic rings. The fraction of sp³-hybridized carbons (Fsp3) is 0.900. The summed E-state index contributed by atoms with van der Waals surface area (Å²) in [6, 6.07) is 0. The standard InChI is InChI=1S/C20H38O5/c1-5-6-7-8-9-10-13-16-23-19(22)24-17-14-11-12-15-18(21)25-20(2,3)4/h5-17H2,1-4H3. The molecule has 0 unspecified atom stereocenters. The monoisotopic (exact) mass is 358 g/mol. The van der Waals surface area contributed by atoms with Gasteiger partial charge in [0.2, 0.25) is 0 Å². The number of carbonyl (C=O) groups excluding carboxylic acids is 2. The van der Waals surface area contributed by atoms with Crippen molar-refractivity contribution >= 4 is 12.1 Å². The maximum absolute atomic E-state index is 11.5. The minimum Gasteiger partial charge on any atom is -0.460 e. The van der Waals surface area contributed by atoms with Crippen LogP contribution in [0.4, 0.5) is 4.79 Å². The van der Waals surface area contributed by atoms with E-state index in [1.165, 1.54) is 32.1 Å². The zero-order chi connectivity index (χ0) is 19.0. The molecule has 0 aromatic rings. The Balaban J connectivity index is 3.34. The highest BCUT2D eigenvalue weighted by atomic mass is 16.7. The van der Waals surface area contributed by atoms with Crippen molar-refractivity contribution in [2.24, 2.45) is 0 Å². The lowest BCUT2D eigenvalue weighted by molar-refractivity contribution is -0.154. The Morgan fingerprint density at radius 3 is 1.72 bits per heavy atom. The largest absolute Gasteiger partial charge is 0.508 e. The molecule has 0 aliphatic carbocycles. The quantitative estimate of drug-likeness (QED) is 0.290. The third-order valence-corrected chi connectivity index (χ3v) is 3.63. The molecule has 0 fully saturated rings. The minimum absolute atomic E-state index is 0.178. The summed E-state index contributed by atoms with van der Waals surface area (Å²) in [7, 11) is 0. The molecular formula is C20H38O5. The van der Waals surface area contributed by atoms with Crippen LogP contribution in [0.3, 0.4) is 0 Å². The van der Waals surface area contributed by atoms with Crippen LogP contribution in [0.25, 0.3) is 0 Å². The van der Waals surface area contributed by atoms with Gasteiger partial charge in [0, 0.05) is 6.42 Å². The van der Waals surface area contributed by atoms with E-state index in [0.717, 1.165) is 32.1 Å². The predicted molar refractivity (Wildman–Crippen MR) is 99.6 cm³/mol. The lowest BCUT2D eigenvalue weighted by atomic mass is 10.1. The van der Waals surface area contributed by atoms with Crippen LogP contribution in [0.15, 0.2) is 0 Å². The second-order valence-electron chi connectivity index (χ2n) is 7.47. The first-order valence-electron chi connectivity index (χ1n) is 9.86. The minimum atomic E-state index is -0.585. The molecule has 0 rings (SSSR count). The van der Waals surface area contributed by atoms with Gasteiger partial charge >= 0.3 is 12.1 Å². The van der Waals surface area contributed by atoms with Gasteiger partial charge in [-0.25, -0.2) is 4.79 Å². The van der Waals surface area contributed by atoms with Crippen molar-refractivity contribution in [1.29, 1.82) is 0 Å². The lowest BCUT2D eigenvalue weighted by Crippen LogP contribution is -2.23. The van der Waals surface area contributed by atoms with Crippen LogP contribution in [0, 0.1) is 0 Å². The molecule has 0 saturated carbocycles. The van der Waals surface area contributed by atoms with E-state index in [0.29, 0.717) is 19.6 Å². The SMILES string of the molecule is CCCCCCCCCOC(=O)OCCCCCC(=O)OC(C)(C)C. The zero-order valence-electron chi connectivity index (χ0n) is 16.7. The first-order valence-corrected chi connectivity index (χ1v) is 9.86. The van der Waals surface area contributed by atoms with Crippen LogP contribution in [0.5, 0.6) is 0 Å². The average Bonchev–Trinajstić information content (AvgIpc) is 2.51. The van der Waals surface area contributed by atoms with E-state index in [1.807, 2.05) is 20.8 Å². The maximum Gasteiger partial charge on any atom is 0.508 e. The average molecular weight is 359 g/mol. The fourth-order valence-corrected chi connectivity index (χ4v) is 2.35. The molecule has 0 aromatic heterocycles. The Labute approximate surface area is 153 Å². The highest BCUT2D eigenvalue weighted by molar-refractivity contribution is 5.69. The summed E-state index contributed by atoms with van der Waals surface area (Å²) < 4.78 is 15.3. The van der Waals surface area contributed by atoms with E-state index in [-0.39, 0.29) is 5.97 Å². The van der Waals surface area contributed by atoms with Gasteiger partial charge in [-0.05, 0) is 46.5 Å². The van der Waals surface area contributed by atoms with Crippen molar-refractivity contribution < 1.29 is 23.8 Å². The number of unbranched alkanes of at least 4 members (excludes halogenated alkanes) is 8. The van der Waals surface area contributed by atoms with Crippen molar-refractivity contribution in [2.75, 3.05) is 13.2 Å². The van der Waals surface area contributed by atoms with Crippen molar-refractivity contribution in [1.82, 2.24) is 0 Å². The van der Waals surface area contributed by atoms with Crippen molar-refractivity contribution in [3.8, 4) is 0 Å². The molecule has 0 N–H and O–H groups in total. The Kier molecular flexibility index (Phi) is 14.3. The number of hydrogen-bond donors (Lipinski definition) is 0. The summed E-state index contributed by atoms with van der Waals surface area (Å²) in [6.45, 7) is 8.56. The van der Waals surface area contributed by atoms with Crippen LogP contribution >= 0.6 is 0 Å². The second kappa shape index (κ2) is 15.0. The van der Waals surface area contributed by atoms with Gasteiger partial charge in [-0.1, -0.05) is 45.4 Å². The third-order valence-electron chi connectivity index (χ3n) is 3.63. The number of esters is 1. The molecule has 0 heterocycles. The number of rotatable bonds is 14. The summed E-state index contributed by atoms with van der Waals surface area (Å²) in [5.74, 6) is -0.178. The maximum atomic E-state index is 11.5. The van der Waals surface area contributed by atoms with Gasteiger partial charge in [-0.3, -0.25) is 4.79 Å². The second-order valence-corrected chi connectivity index (χ2v) is 7.47. The normalized spacial score (nSPS) is 11.2. The fourth-order valence-electron chi connectivity index (χ4n) is 2.35. The highest BCUT2D eigenvalue weighted by Gasteiger charge is 2.15. The van der Waals surface area contributed by atoms with Crippen molar-refractivity contribution in [2.45, 2.75) is 104 Å². The molecule has 148 valence electrons. The molecule has 5 nitrogen and oxygen atoms in total. The summed E-state index contributed by atoms with van der Waals surface area (Å²) in [5, 5.41) is 0. The molecule has 0 aliphatic heterocycles. The summed E-state index contributed by atoms with van der Waals surface area (Å²) in [5.41, 5.74) is -0.431. The molecule has 25 heavy (non-hydrogen) atoms. The zero-order valence-corrected chi connectivity index (χ0v) is 16.7. The summed E-state index contributed by atoms with van der Waals surface area (Å²) in [6.07, 6.45) is 10.4. The van der Waals surface area contributed by atoms with Crippen LogP contribution < -0.4 is 0 Å². The van der Waals surface area contributed by atoms with E-state index in [1.54, 1.807) is 0 Å². The first kappa shape index (κ1) is 23.7. The molecular weight excluding hydrogens is 320 g/mol. The summed E-state index contributed by atoms with van der Waals surface area (Å²) >= 11 is 0. The van der Waals surface area contributed by atoms with Crippen molar-refractivity contribution in [3.63, 3.8) is 0 Å². The molecule has 0 spiro atoms. The van der Waals surface area contributed by atoms with Gasteiger partial charge in [-0.15, -0.1) is 0 Å². The van der Waals surface area contributed by atoms with Gasteiger partial charge in [0.05, 0.1) is 13.2 Å². The van der Waals surface area contributed by atoms with Crippen LogP contribution in [0.1, 0.15) is 98.3 Å². The lowest BCUT2D eigenvalue weighted by Gasteiger charge is -2.19. The topological polar surface area (TPSA) is 61.8 Å². The number of ether oxygens (including phenoxy) is 3. The van der Waals surface area contributed by atoms with Gasteiger partial charge < -0.3 is 14.2 Å². The first-order chi connectivity index (χ1) is 11.8. The molecule has 0 saturated heterocycles. The van der Waals surface area contributed by atoms with Gasteiger partial charge in [0.1, 0.15) is 5.60 Å². The van der Waals surface area contributed by atoms with E-state index in [2.05, 4.69) is 6.92 Å². The molecule has 0 radical (unpaired) electrons. The molecule has 5 heteroatoms. The molecule has 0 aromatic carbocycles. The van der Waals surface area contributed by atoms with Gasteiger partial charge in [0.25, 0.3) is 0 Å². The van der Waals surface area contributed by atoms with E-state index < -0.39 is 11.8 Å². The van der Waals surface area contributed by atoms with E-state index >= 15 is 0 Å². The van der Waals surface area contributed by atoms with Crippen LogP contribution in [0.2, 0.25) is 0 Å². The number of carbonyl (C=O) groups is 2. The summed E-state index contributed by atoms with van der Waals surface area (Å²) in [4.78, 5) is 22.9. The number of hydrogen-bond acceptors (Lipinski definition) is 5. The molecule has 0 amide bonds. The van der Waals surface area contributed by atoms with E-state index in [9.17, 15) is 9.59 Å². The highest BCUT2D eigenvalue weighted by Crippen LogP contribution is 2.11. The third kappa shape index (κ3) is 18.9. The molecule has 0 atom stereocenters. The Morgan fingerprint density at radius 2 is 1.20 bits per heavy atom. The van der Waals surface area contributed by atoms with Crippen LogP contribution in [-0.2, 0) is 19.0 Å². The molecule has 0 bridgehead atoms.